The van der Waals surface area contributed by atoms with E-state index in [1.807, 2.05) is 18.2 Å². The summed E-state index contributed by atoms with van der Waals surface area (Å²) < 4.78 is 0. The molecule has 0 unspecified atom stereocenters. The minimum Gasteiger partial charge on any atom is -0.554 e. The lowest BCUT2D eigenvalue weighted by molar-refractivity contribution is -0.283. The van der Waals surface area contributed by atoms with Crippen molar-refractivity contribution in [1.29, 1.82) is 0 Å². The first-order chi connectivity index (χ1) is 16.5. The van der Waals surface area contributed by atoms with Gasteiger partial charge in [0, 0.05) is 12.9 Å². The van der Waals surface area contributed by atoms with Crippen LogP contribution in [0.1, 0.15) is 16.7 Å². The molecule has 4 heteroatoms. The van der Waals surface area contributed by atoms with Crippen LogP contribution in [0.3, 0.4) is 0 Å². The van der Waals surface area contributed by atoms with E-state index in [4.69, 9.17) is 9.90 Å². The van der Waals surface area contributed by atoms with Gasteiger partial charge in [-0.25, -0.2) is 0 Å². The van der Waals surface area contributed by atoms with E-state index >= 15 is 0 Å². The van der Waals surface area contributed by atoms with E-state index in [9.17, 15) is 4.79 Å². The van der Waals surface area contributed by atoms with E-state index in [1.54, 1.807) is 0 Å². The van der Waals surface area contributed by atoms with Gasteiger partial charge in [-0.1, -0.05) is 72.8 Å². The van der Waals surface area contributed by atoms with E-state index < -0.39 is 13.7 Å². The third-order valence-corrected chi connectivity index (χ3v) is 10.4. The van der Waals surface area contributed by atoms with Crippen molar-refractivity contribution >= 4 is 35.4 Å². The Kier molecular flexibility index (Phi) is 8.90. The lowest BCUT2D eigenvalue weighted by atomic mass is 9.99. The maximum absolute atomic E-state index is 13.7. The highest BCUT2D eigenvalue weighted by molar-refractivity contribution is 7.96. The fourth-order valence-electron chi connectivity index (χ4n) is 4.41. The zero-order valence-electron chi connectivity index (χ0n) is 19.6. The van der Waals surface area contributed by atoms with E-state index in [1.165, 1.54) is 32.6 Å². The molecule has 0 aliphatic heterocycles. The quantitative estimate of drug-likeness (QED) is 0.307. The van der Waals surface area contributed by atoms with Crippen LogP contribution >= 0.6 is 7.26 Å². The summed E-state index contributed by atoms with van der Waals surface area (Å²) in [6.07, 6.45) is 1.01. The van der Waals surface area contributed by atoms with E-state index in [0.717, 1.165) is 0 Å². The number of hydrogen-bond donors (Lipinski definition) is 0. The van der Waals surface area contributed by atoms with Crippen molar-refractivity contribution in [2.45, 2.75) is 20.3 Å². The molecule has 0 saturated carbocycles. The largest absolute Gasteiger partial charge is 0.554 e. The number of aryl methyl sites for hydroxylation is 2. The van der Waals surface area contributed by atoms with Gasteiger partial charge in [0.1, 0.15) is 29.3 Å². The molecule has 0 fully saturated rings. The van der Waals surface area contributed by atoms with Crippen LogP contribution in [0.4, 0.5) is 0 Å². The topological polar surface area (TPSA) is 57.2 Å². The SMILES string of the molecule is Cc1cccc(C)c1CC(=O)C[P+](c1ccccc1)(c1ccccc1)c1ccccc1.O=C[O-]. The van der Waals surface area contributed by atoms with Crippen LogP contribution in [0.2, 0.25) is 0 Å². The number of benzene rings is 4. The smallest absolute Gasteiger partial charge is 0.175 e. The van der Waals surface area contributed by atoms with Crippen molar-refractivity contribution in [2.75, 3.05) is 6.16 Å². The monoisotopic (exact) mass is 468 g/mol. The highest BCUT2D eigenvalue weighted by Crippen LogP contribution is 2.55. The molecule has 3 nitrogen and oxygen atoms in total. The van der Waals surface area contributed by atoms with Crippen molar-refractivity contribution in [3.05, 3.63) is 126 Å². The first-order valence-electron chi connectivity index (χ1n) is 11.2. The number of carbonyl (C=O) groups excluding carboxylic acids is 2. The molecule has 0 aromatic heterocycles. The summed E-state index contributed by atoms with van der Waals surface area (Å²) >= 11 is 0. The van der Waals surface area contributed by atoms with Crippen LogP contribution in [0.15, 0.2) is 109 Å². The van der Waals surface area contributed by atoms with Gasteiger partial charge in [-0.05, 0) is 66.9 Å². The van der Waals surface area contributed by atoms with Gasteiger partial charge in [0.25, 0.3) is 0 Å². The Morgan fingerprint density at radius 1 is 0.676 bits per heavy atom. The summed E-state index contributed by atoms with van der Waals surface area (Å²) in [7, 11) is -2.13. The lowest BCUT2D eigenvalue weighted by Gasteiger charge is -2.27. The standard InChI is InChI=1S/C29H28OP.CH2O2/c1-23-13-12-14-24(2)29(23)21-25(30)22-31(26-15-6-3-7-16-26,27-17-8-4-9-18-27)28-19-10-5-11-20-28;2-1-3/h3-20H,21-22H2,1-2H3;1H,(H,2,3)/q+1;/p-1. The molecule has 0 bridgehead atoms. The molecule has 0 heterocycles. The number of Topliss-reactive ketones (excluding diaryl/α,β-unsaturated/α-hetero) is 1. The minimum atomic E-state index is -2.13. The Bertz CT molecular complexity index is 1090. The molecule has 172 valence electrons. The summed E-state index contributed by atoms with van der Waals surface area (Å²) in [6, 6.07) is 38.1. The summed E-state index contributed by atoms with van der Waals surface area (Å²) in [5, 5.41) is 12.0. The lowest BCUT2D eigenvalue weighted by Crippen LogP contribution is -2.36. The van der Waals surface area contributed by atoms with Crippen LogP contribution in [0, 0.1) is 13.8 Å². The molecule has 0 amide bonds. The number of ketones is 1. The van der Waals surface area contributed by atoms with Crippen molar-refractivity contribution in [1.82, 2.24) is 0 Å². The van der Waals surface area contributed by atoms with Gasteiger partial charge in [0.2, 0.25) is 0 Å². The Balaban J connectivity index is 0.00000103. The molecule has 0 radical (unpaired) electrons. The number of hydrogen-bond acceptors (Lipinski definition) is 3. The van der Waals surface area contributed by atoms with Gasteiger partial charge in [-0.3, -0.25) is 4.79 Å². The summed E-state index contributed by atoms with van der Waals surface area (Å²) in [5.74, 6) is 0.294. The predicted octanol–water partition coefficient (Wildman–Crippen LogP) is 3.78. The average molecular weight is 469 g/mol. The molecule has 4 rings (SSSR count). The van der Waals surface area contributed by atoms with E-state index in [2.05, 4.69) is 105 Å². The maximum atomic E-state index is 13.7. The highest BCUT2D eigenvalue weighted by atomic mass is 31.2. The molecule has 0 saturated heterocycles. The summed E-state index contributed by atoms with van der Waals surface area (Å²) in [6.45, 7) is 3.70. The normalized spacial score (nSPS) is 10.6. The van der Waals surface area contributed by atoms with Crippen LogP contribution < -0.4 is 21.0 Å². The van der Waals surface area contributed by atoms with Gasteiger partial charge in [-0.2, -0.15) is 0 Å². The van der Waals surface area contributed by atoms with Crippen LogP contribution in [-0.4, -0.2) is 18.4 Å². The van der Waals surface area contributed by atoms with Crippen molar-refractivity contribution in [3.63, 3.8) is 0 Å². The second kappa shape index (κ2) is 12.1. The summed E-state index contributed by atoms with van der Waals surface area (Å²) in [5.41, 5.74) is 3.55. The molecule has 0 atom stereocenters. The fourth-order valence-corrected chi connectivity index (χ4v) is 8.54. The fraction of sp³-hybridized carbons (Fsp3) is 0.133. The molecule has 4 aromatic rings. The molecule has 4 aromatic carbocycles. The van der Waals surface area contributed by atoms with E-state index in [0.29, 0.717) is 18.4 Å². The molecule has 0 aliphatic carbocycles. The molecule has 0 spiro atoms. The zero-order valence-corrected chi connectivity index (χ0v) is 20.5. The van der Waals surface area contributed by atoms with Crippen molar-refractivity contribution in [2.24, 2.45) is 0 Å². The number of carbonyl (C=O) groups is 2. The first kappa shape index (κ1) is 25.1. The van der Waals surface area contributed by atoms with Crippen LogP contribution in [0.5, 0.6) is 0 Å². The van der Waals surface area contributed by atoms with Crippen molar-refractivity contribution in [3.8, 4) is 0 Å². The third-order valence-electron chi connectivity index (χ3n) is 6.02. The summed E-state index contributed by atoms with van der Waals surface area (Å²) in [4.78, 5) is 21.9. The predicted molar refractivity (Wildman–Crippen MR) is 141 cm³/mol. The van der Waals surface area contributed by atoms with E-state index in [-0.39, 0.29) is 0 Å². The number of rotatable bonds is 7. The number of carboxylic acid groups (broad SMARTS) is 1. The van der Waals surface area contributed by atoms with Gasteiger partial charge in [-0.15, -0.1) is 0 Å². The minimum absolute atomic E-state index is 0.294. The van der Waals surface area contributed by atoms with Crippen LogP contribution in [-0.2, 0) is 16.0 Å². The Labute approximate surface area is 202 Å². The van der Waals surface area contributed by atoms with Crippen LogP contribution in [0.25, 0.3) is 0 Å². The average Bonchev–Trinajstić information content (AvgIpc) is 2.87. The molecule has 0 N–H and O–H groups in total. The highest BCUT2D eigenvalue weighted by Gasteiger charge is 2.46. The Morgan fingerprint density at radius 3 is 1.38 bits per heavy atom. The molecule has 34 heavy (non-hydrogen) atoms. The Morgan fingerprint density at radius 2 is 1.03 bits per heavy atom. The molecular formula is C30H29O3P. The molecule has 0 aliphatic rings. The van der Waals surface area contributed by atoms with Gasteiger partial charge >= 0.3 is 0 Å². The van der Waals surface area contributed by atoms with Crippen molar-refractivity contribution < 1.29 is 14.7 Å². The van der Waals surface area contributed by atoms with Gasteiger partial charge < -0.3 is 9.90 Å². The zero-order chi connectivity index (χ0) is 24.4. The first-order valence-corrected chi connectivity index (χ1v) is 13.2. The second-order valence-corrected chi connectivity index (χ2v) is 11.6. The van der Waals surface area contributed by atoms with Gasteiger partial charge in [0.05, 0.1) is 0 Å². The Hall–Kier alpha value is -3.55. The maximum Gasteiger partial charge on any atom is 0.175 e. The third kappa shape index (κ3) is 5.68. The molecular weight excluding hydrogens is 439 g/mol. The second-order valence-electron chi connectivity index (χ2n) is 8.16. The van der Waals surface area contributed by atoms with Gasteiger partial charge in [0.15, 0.2) is 5.78 Å².